The largest absolute Gasteiger partial charge is 0.466 e. The zero-order valence-electron chi connectivity index (χ0n) is 16.7. The van der Waals surface area contributed by atoms with Gasteiger partial charge in [-0.1, -0.05) is 22.9 Å². The maximum atomic E-state index is 13.5. The van der Waals surface area contributed by atoms with E-state index in [0.717, 1.165) is 0 Å². The van der Waals surface area contributed by atoms with Crippen LogP contribution in [0.1, 0.15) is 40.5 Å². The van der Waals surface area contributed by atoms with Gasteiger partial charge in [-0.2, -0.15) is 0 Å². The molecular formula is C19H29BrN2O6. The molecule has 3 unspecified atom stereocenters. The maximum absolute atomic E-state index is 13.5. The summed E-state index contributed by atoms with van der Waals surface area (Å²) in [5.41, 5.74) is -1.10. The SMILES string of the molecule is CCOC(=O)[C@H]1[C@H]2C(=O)N([C@@H](CC)CO)C(C(=O)NC(C)C)C23CC(Br)[C@@H]1O3. The summed E-state index contributed by atoms with van der Waals surface area (Å²) in [6.45, 7) is 7.21. The van der Waals surface area contributed by atoms with Crippen molar-refractivity contribution < 1.29 is 29.0 Å². The first-order valence-electron chi connectivity index (χ1n) is 9.95. The normalized spacial score (nSPS) is 37.3. The molecular weight excluding hydrogens is 432 g/mol. The molecule has 8 nitrogen and oxygen atoms in total. The topological polar surface area (TPSA) is 105 Å². The van der Waals surface area contributed by atoms with E-state index in [1.54, 1.807) is 6.92 Å². The smallest absolute Gasteiger partial charge is 0.312 e. The molecule has 0 saturated carbocycles. The van der Waals surface area contributed by atoms with E-state index < -0.39 is 41.6 Å². The average Bonchev–Trinajstić information content (AvgIpc) is 3.20. The van der Waals surface area contributed by atoms with E-state index in [1.807, 2.05) is 20.8 Å². The molecule has 7 atom stereocenters. The van der Waals surface area contributed by atoms with Crippen molar-refractivity contribution in [1.29, 1.82) is 0 Å². The van der Waals surface area contributed by atoms with E-state index >= 15 is 0 Å². The van der Waals surface area contributed by atoms with Gasteiger partial charge in [-0.05, 0) is 33.6 Å². The van der Waals surface area contributed by atoms with Gasteiger partial charge in [0.2, 0.25) is 11.8 Å². The highest BCUT2D eigenvalue weighted by atomic mass is 79.9. The molecule has 158 valence electrons. The van der Waals surface area contributed by atoms with Gasteiger partial charge in [0.25, 0.3) is 0 Å². The molecule has 2 bridgehead atoms. The van der Waals surface area contributed by atoms with E-state index in [4.69, 9.17) is 9.47 Å². The molecule has 2 N–H and O–H groups in total. The van der Waals surface area contributed by atoms with Crippen molar-refractivity contribution in [2.75, 3.05) is 13.2 Å². The van der Waals surface area contributed by atoms with Crippen molar-refractivity contribution in [3.8, 4) is 0 Å². The number of aliphatic hydroxyl groups excluding tert-OH is 1. The molecule has 0 aromatic rings. The van der Waals surface area contributed by atoms with Gasteiger partial charge in [0.05, 0.1) is 37.2 Å². The van der Waals surface area contributed by atoms with E-state index in [2.05, 4.69) is 21.2 Å². The number of ether oxygens (including phenoxy) is 2. The van der Waals surface area contributed by atoms with Gasteiger partial charge in [0, 0.05) is 10.9 Å². The Kier molecular flexibility index (Phi) is 6.08. The Morgan fingerprint density at radius 3 is 2.64 bits per heavy atom. The van der Waals surface area contributed by atoms with Crippen LogP contribution in [0.25, 0.3) is 0 Å². The second-order valence-electron chi connectivity index (χ2n) is 8.07. The van der Waals surface area contributed by atoms with Crippen LogP contribution in [0.15, 0.2) is 0 Å². The number of hydrogen-bond donors (Lipinski definition) is 2. The molecule has 2 amide bonds. The predicted molar refractivity (Wildman–Crippen MR) is 104 cm³/mol. The average molecular weight is 461 g/mol. The second kappa shape index (κ2) is 7.91. The van der Waals surface area contributed by atoms with Gasteiger partial charge in [-0.15, -0.1) is 0 Å². The molecule has 0 aromatic carbocycles. The van der Waals surface area contributed by atoms with Crippen LogP contribution in [0.3, 0.4) is 0 Å². The number of alkyl halides is 1. The first-order chi connectivity index (χ1) is 13.2. The molecule has 3 heterocycles. The minimum absolute atomic E-state index is 0.117. The second-order valence-corrected chi connectivity index (χ2v) is 9.25. The summed E-state index contributed by atoms with van der Waals surface area (Å²) in [6, 6.07) is -1.53. The number of carbonyl (C=O) groups excluding carboxylic acids is 3. The Balaban J connectivity index is 2.08. The molecule has 28 heavy (non-hydrogen) atoms. The van der Waals surface area contributed by atoms with Crippen LogP contribution in [0, 0.1) is 11.8 Å². The van der Waals surface area contributed by atoms with Crippen LogP contribution < -0.4 is 5.32 Å². The van der Waals surface area contributed by atoms with Gasteiger partial charge < -0.3 is 24.8 Å². The van der Waals surface area contributed by atoms with Crippen LogP contribution in [0.4, 0.5) is 0 Å². The van der Waals surface area contributed by atoms with Crippen LogP contribution >= 0.6 is 15.9 Å². The number of esters is 1. The summed E-state index contributed by atoms with van der Waals surface area (Å²) >= 11 is 3.58. The lowest BCUT2D eigenvalue weighted by atomic mass is 9.70. The Labute approximate surface area is 173 Å². The van der Waals surface area contributed by atoms with Gasteiger partial charge in [-0.25, -0.2) is 0 Å². The predicted octanol–water partition coefficient (Wildman–Crippen LogP) is 0.593. The number of aliphatic hydroxyl groups is 1. The van der Waals surface area contributed by atoms with Gasteiger partial charge in [0.15, 0.2) is 0 Å². The summed E-state index contributed by atoms with van der Waals surface area (Å²) in [6.07, 6.45) is 0.416. The maximum Gasteiger partial charge on any atom is 0.312 e. The summed E-state index contributed by atoms with van der Waals surface area (Å²) < 4.78 is 11.5. The van der Waals surface area contributed by atoms with Gasteiger partial charge in [0.1, 0.15) is 11.6 Å². The highest BCUT2D eigenvalue weighted by molar-refractivity contribution is 9.09. The number of hydrogen-bond acceptors (Lipinski definition) is 6. The molecule has 3 aliphatic rings. The molecule has 1 spiro atoms. The molecule has 0 aliphatic carbocycles. The summed E-state index contributed by atoms with van der Waals surface area (Å²) in [4.78, 5) is 40.7. The number of likely N-dealkylation sites (tertiary alicyclic amines) is 1. The van der Waals surface area contributed by atoms with Gasteiger partial charge >= 0.3 is 5.97 Å². The summed E-state index contributed by atoms with van der Waals surface area (Å²) in [7, 11) is 0. The monoisotopic (exact) mass is 460 g/mol. The first-order valence-corrected chi connectivity index (χ1v) is 10.9. The summed E-state index contributed by atoms with van der Waals surface area (Å²) in [5.74, 6) is -2.65. The number of rotatable bonds is 7. The Morgan fingerprint density at radius 2 is 2.11 bits per heavy atom. The lowest BCUT2D eigenvalue weighted by molar-refractivity contribution is -0.155. The minimum atomic E-state index is -1.10. The summed E-state index contributed by atoms with van der Waals surface area (Å²) in [5, 5.41) is 12.7. The first kappa shape index (κ1) is 21.5. The van der Waals surface area contributed by atoms with Crippen molar-refractivity contribution in [2.24, 2.45) is 11.8 Å². The molecule has 3 fully saturated rings. The Bertz CT molecular complexity index is 654. The van der Waals surface area contributed by atoms with Crippen molar-refractivity contribution in [3.05, 3.63) is 0 Å². The van der Waals surface area contributed by atoms with E-state index in [-0.39, 0.29) is 35.9 Å². The van der Waals surface area contributed by atoms with Crippen molar-refractivity contribution in [3.63, 3.8) is 0 Å². The third-order valence-electron chi connectivity index (χ3n) is 6.04. The lowest BCUT2D eigenvalue weighted by Crippen LogP contribution is -2.59. The fraction of sp³-hybridized carbons (Fsp3) is 0.842. The standard InChI is InChI=1S/C19H29BrN2O6/c1-5-10(8-23)22-15(16(24)21-9(3)4)19-7-11(20)14(28-19)12(13(19)17(22)25)18(26)27-6-2/h9-15,23H,5-8H2,1-4H3,(H,21,24)/t10-,11?,12-,13-,14-,15?,19?/m0/s1. The number of amides is 2. The van der Waals surface area contributed by atoms with E-state index in [0.29, 0.717) is 12.8 Å². The number of carbonyl (C=O) groups is 3. The van der Waals surface area contributed by atoms with Crippen LogP contribution in [0.2, 0.25) is 0 Å². The van der Waals surface area contributed by atoms with Crippen molar-refractivity contribution in [2.45, 2.75) is 75.2 Å². The zero-order valence-corrected chi connectivity index (χ0v) is 18.3. The van der Waals surface area contributed by atoms with Crippen LogP contribution in [-0.2, 0) is 23.9 Å². The molecule has 0 aromatic heterocycles. The molecule has 9 heteroatoms. The third kappa shape index (κ3) is 3.06. The highest BCUT2D eigenvalue weighted by Gasteiger charge is 2.77. The van der Waals surface area contributed by atoms with Crippen LogP contribution in [0.5, 0.6) is 0 Å². The Morgan fingerprint density at radius 1 is 1.43 bits per heavy atom. The van der Waals surface area contributed by atoms with Crippen molar-refractivity contribution in [1.82, 2.24) is 10.2 Å². The fourth-order valence-corrected chi connectivity index (χ4v) is 5.99. The van der Waals surface area contributed by atoms with Crippen molar-refractivity contribution >= 4 is 33.7 Å². The molecule has 0 radical (unpaired) electrons. The number of nitrogens with zero attached hydrogens (tertiary/aromatic N) is 1. The molecule has 3 saturated heterocycles. The van der Waals surface area contributed by atoms with E-state index in [1.165, 1.54) is 4.90 Å². The third-order valence-corrected chi connectivity index (χ3v) is 6.89. The van der Waals surface area contributed by atoms with E-state index in [9.17, 15) is 19.5 Å². The minimum Gasteiger partial charge on any atom is -0.466 e. The molecule has 3 rings (SSSR count). The number of fused-ring (bicyclic) bond motifs is 1. The quantitative estimate of drug-likeness (QED) is 0.425. The zero-order chi connectivity index (χ0) is 20.8. The lowest BCUT2D eigenvalue weighted by Gasteiger charge is -2.36. The fourth-order valence-electron chi connectivity index (χ4n) is 5.05. The number of halogens is 1. The highest BCUT2D eigenvalue weighted by Crippen LogP contribution is 2.60. The molecule has 3 aliphatic heterocycles. The number of nitrogens with one attached hydrogen (secondary N) is 1. The van der Waals surface area contributed by atoms with Gasteiger partial charge in [-0.3, -0.25) is 14.4 Å². The Hall–Kier alpha value is -1.19. The van der Waals surface area contributed by atoms with Crippen LogP contribution in [-0.4, -0.2) is 75.7 Å².